The van der Waals surface area contributed by atoms with Crippen LogP contribution in [0.5, 0.6) is 0 Å². The number of carbonyl (C=O) groups is 3. The fourth-order valence-electron chi connectivity index (χ4n) is 4.89. The summed E-state index contributed by atoms with van der Waals surface area (Å²) in [6, 6.07) is 0. The fourth-order valence-corrected chi connectivity index (χ4v) is 4.89. The van der Waals surface area contributed by atoms with Gasteiger partial charge in [0, 0.05) is 18.4 Å². The van der Waals surface area contributed by atoms with Crippen molar-refractivity contribution in [2.45, 2.75) is 72.5 Å². The first-order valence-corrected chi connectivity index (χ1v) is 9.05. The molecule has 1 saturated heterocycles. The molecule has 5 heteroatoms. The van der Waals surface area contributed by atoms with Crippen LogP contribution in [0.2, 0.25) is 0 Å². The summed E-state index contributed by atoms with van der Waals surface area (Å²) >= 11 is 0. The highest BCUT2D eigenvalue weighted by atomic mass is 16.5. The van der Waals surface area contributed by atoms with Crippen LogP contribution >= 0.6 is 0 Å². The molecular formula is C20H28O5. The number of carbonyl (C=O) groups excluding carboxylic acids is 3. The minimum atomic E-state index is -1.64. The minimum absolute atomic E-state index is 0.298. The molecule has 0 aromatic carbocycles. The summed E-state index contributed by atoms with van der Waals surface area (Å²) in [6.45, 7) is 10.4. The number of rotatable bonds is 3. The van der Waals surface area contributed by atoms with Crippen LogP contribution in [0.1, 0.15) is 60.8 Å². The van der Waals surface area contributed by atoms with Crippen molar-refractivity contribution in [1.29, 1.82) is 0 Å². The van der Waals surface area contributed by atoms with Gasteiger partial charge in [-0.05, 0) is 32.1 Å². The molecular weight excluding hydrogens is 320 g/mol. The fraction of sp³-hybridized carbons (Fsp3) is 0.750. The molecule has 2 fully saturated rings. The van der Waals surface area contributed by atoms with Crippen LogP contribution in [-0.4, -0.2) is 34.2 Å². The van der Waals surface area contributed by atoms with E-state index in [-0.39, 0.29) is 11.6 Å². The Morgan fingerprint density at radius 2 is 1.88 bits per heavy atom. The predicted octanol–water partition coefficient (Wildman–Crippen LogP) is 2.60. The number of ether oxygens (including phenoxy) is 1. The lowest BCUT2D eigenvalue weighted by molar-refractivity contribution is -0.169. The van der Waals surface area contributed by atoms with Gasteiger partial charge < -0.3 is 9.84 Å². The van der Waals surface area contributed by atoms with E-state index < -0.39 is 39.7 Å². The Balaban J connectivity index is 2.21. The lowest BCUT2D eigenvalue weighted by Crippen LogP contribution is -2.66. The lowest BCUT2D eigenvalue weighted by atomic mass is 9.43. The number of hydrogen-bond donors (Lipinski definition) is 1. The molecule has 1 saturated carbocycles. The van der Waals surface area contributed by atoms with Gasteiger partial charge in [-0.25, -0.2) is 0 Å². The van der Waals surface area contributed by atoms with Crippen molar-refractivity contribution in [2.75, 3.05) is 0 Å². The summed E-state index contributed by atoms with van der Waals surface area (Å²) in [5.74, 6) is -1.14. The molecule has 138 valence electrons. The van der Waals surface area contributed by atoms with Crippen molar-refractivity contribution in [1.82, 2.24) is 0 Å². The molecule has 0 radical (unpaired) electrons. The molecule has 0 aromatic rings. The highest BCUT2D eigenvalue weighted by Gasteiger charge is 2.73. The Morgan fingerprint density at radius 1 is 1.28 bits per heavy atom. The summed E-state index contributed by atoms with van der Waals surface area (Å²) in [7, 11) is 0. The topological polar surface area (TPSA) is 80.7 Å². The van der Waals surface area contributed by atoms with Gasteiger partial charge in [-0.3, -0.25) is 14.4 Å². The molecule has 3 rings (SSSR count). The number of Topliss-reactive ketones (excluding diaryl/α,β-unsaturated/α-hetero) is 2. The maximum absolute atomic E-state index is 13.7. The van der Waals surface area contributed by atoms with E-state index in [1.807, 2.05) is 13.8 Å². The Labute approximate surface area is 148 Å². The van der Waals surface area contributed by atoms with E-state index >= 15 is 0 Å². The van der Waals surface area contributed by atoms with Gasteiger partial charge in [-0.2, -0.15) is 0 Å². The Hall–Kier alpha value is -1.49. The van der Waals surface area contributed by atoms with Crippen molar-refractivity contribution in [3.63, 3.8) is 0 Å². The predicted molar refractivity (Wildman–Crippen MR) is 91.6 cm³/mol. The quantitative estimate of drug-likeness (QED) is 0.793. The molecule has 1 spiro atoms. The van der Waals surface area contributed by atoms with Crippen LogP contribution in [0.3, 0.4) is 0 Å². The van der Waals surface area contributed by atoms with Crippen molar-refractivity contribution < 1.29 is 24.2 Å². The molecule has 0 amide bonds. The second-order valence-electron chi connectivity index (χ2n) is 9.40. The smallest absolute Gasteiger partial charge is 0.180 e. The Morgan fingerprint density at radius 3 is 2.40 bits per heavy atom. The second-order valence-corrected chi connectivity index (χ2v) is 9.40. The Kier molecular flexibility index (Phi) is 3.68. The molecule has 0 aromatic heterocycles. The van der Waals surface area contributed by atoms with E-state index in [0.717, 1.165) is 0 Å². The van der Waals surface area contributed by atoms with E-state index in [2.05, 4.69) is 0 Å². The van der Waals surface area contributed by atoms with Crippen molar-refractivity contribution in [2.24, 2.45) is 22.2 Å². The standard InChI is InChI=1S/C20H28O5/c1-11(2)15(22)20-12(21)9-13-19(16(20)23,8-7-17(20,3)4)10-14(25-13)18(5,6)24/h9,11,14,24H,7-8,10H2,1-6H3/t14-,19-,20+/m0/s1. The highest BCUT2D eigenvalue weighted by molar-refractivity contribution is 6.32. The number of allylic oxidation sites excluding steroid dienone is 2. The van der Waals surface area contributed by atoms with Gasteiger partial charge in [0.15, 0.2) is 22.8 Å². The van der Waals surface area contributed by atoms with Gasteiger partial charge in [0.2, 0.25) is 0 Å². The zero-order valence-corrected chi connectivity index (χ0v) is 15.9. The molecule has 3 atom stereocenters. The Bertz CT molecular complexity index is 693. The first kappa shape index (κ1) is 18.3. The summed E-state index contributed by atoms with van der Waals surface area (Å²) < 4.78 is 5.86. The van der Waals surface area contributed by atoms with E-state index in [0.29, 0.717) is 25.0 Å². The van der Waals surface area contributed by atoms with Crippen LogP contribution in [0.15, 0.2) is 11.8 Å². The van der Waals surface area contributed by atoms with Crippen LogP contribution < -0.4 is 0 Å². The van der Waals surface area contributed by atoms with Crippen molar-refractivity contribution in [3.05, 3.63) is 11.8 Å². The summed E-state index contributed by atoms with van der Waals surface area (Å²) in [6.07, 6.45) is 2.24. The van der Waals surface area contributed by atoms with Crippen LogP contribution in [-0.2, 0) is 19.1 Å². The normalized spacial score (nSPS) is 36.8. The maximum Gasteiger partial charge on any atom is 0.180 e. The average Bonchev–Trinajstić information content (AvgIpc) is 2.83. The number of hydrogen-bond acceptors (Lipinski definition) is 5. The van der Waals surface area contributed by atoms with Crippen molar-refractivity contribution >= 4 is 17.3 Å². The molecule has 2 bridgehead atoms. The van der Waals surface area contributed by atoms with Crippen molar-refractivity contribution in [3.8, 4) is 0 Å². The zero-order valence-electron chi connectivity index (χ0n) is 15.9. The molecule has 25 heavy (non-hydrogen) atoms. The number of fused-ring (bicyclic) bond motifs is 1. The lowest BCUT2D eigenvalue weighted by Gasteiger charge is -2.54. The molecule has 5 nitrogen and oxygen atoms in total. The largest absolute Gasteiger partial charge is 0.491 e. The van der Waals surface area contributed by atoms with E-state index in [1.165, 1.54) is 6.08 Å². The third kappa shape index (κ3) is 2.08. The minimum Gasteiger partial charge on any atom is -0.491 e. The maximum atomic E-state index is 13.7. The molecule has 2 aliphatic carbocycles. The van der Waals surface area contributed by atoms with Gasteiger partial charge in [0.25, 0.3) is 0 Å². The van der Waals surface area contributed by atoms with E-state index in [9.17, 15) is 19.5 Å². The molecule has 1 aliphatic heterocycles. The average molecular weight is 348 g/mol. The van der Waals surface area contributed by atoms with Gasteiger partial charge in [-0.1, -0.05) is 27.7 Å². The highest BCUT2D eigenvalue weighted by Crippen LogP contribution is 2.64. The first-order chi connectivity index (χ1) is 11.3. The van der Waals surface area contributed by atoms with Gasteiger partial charge >= 0.3 is 0 Å². The first-order valence-electron chi connectivity index (χ1n) is 9.05. The molecule has 0 unspecified atom stereocenters. The van der Waals surface area contributed by atoms with Crippen LogP contribution in [0.4, 0.5) is 0 Å². The number of ketones is 3. The molecule has 1 heterocycles. The monoisotopic (exact) mass is 348 g/mol. The van der Waals surface area contributed by atoms with Crippen LogP contribution in [0, 0.1) is 22.2 Å². The number of aliphatic hydroxyl groups is 1. The van der Waals surface area contributed by atoms with Gasteiger partial charge in [-0.15, -0.1) is 0 Å². The van der Waals surface area contributed by atoms with Crippen LogP contribution in [0.25, 0.3) is 0 Å². The summed E-state index contributed by atoms with van der Waals surface area (Å²) in [4.78, 5) is 40.0. The summed E-state index contributed by atoms with van der Waals surface area (Å²) in [5.41, 5.74) is -4.46. The summed E-state index contributed by atoms with van der Waals surface area (Å²) in [5, 5.41) is 10.4. The molecule has 1 N–H and O–H groups in total. The van der Waals surface area contributed by atoms with E-state index in [4.69, 9.17) is 4.74 Å². The second kappa shape index (κ2) is 5.03. The van der Waals surface area contributed by atoms with E-state index in [1.54, 1.807) is 27.7 Å². The van der Waals surface area contributed by atoms with Gasteiger partial charge in [0.1, 0.15) is 11.9 Å². The SMILES string of the molecule is CC(C)C(=O)[C@@]12C(=O)C=C3O[C@H](C(C)(C)O)C[C@]3(CCC1(C)C)C2=O. The molecule has 3 aliphatic rings. The third-order valence-corrected chi connectivity index (χ3v) is 6.56. The third-order valence-electron chi connectivity index (χ3n) is 6.56. The van der Waals surface area contributed by atoms with Gasteiger partial charge in [0.05, 0.1) is 11.0 Å². The zero-order chi connectivity index (χ0) is 19.0.